The van der Waals surface area contributed by atoms with Gasteiger partial charge in [0.2, 0.25) is 5.91 Å². The quantitative estimate of drug-likeness (QED) is 0.753. The molecule has 0 atom stereocenters. The number of anilines is 1. The highest BCUT2D eigenvalue weighted by molar-refractivity contribution is 6.05. The van der Waals surface area contributed by atoms with Crippen LogP contribution in [0.5, 0.6) is 0 Å². The SMILES string of the molecule is CC1(C)C(=O)Nc2ccc(CC#N)cc21. The Morgan fingerprint density at radius 2 is 2.20 bits per heavy atom. The Hall–Kier alpha value is -1.82. The van der Waals surface area contributed by atoms with Gasteiger partial charge in [0, 0.05) is 5.69 Å². The van der Waals surface area contributed by atoms with Crippen LogP contribution >= 0.6 is 0 Å². The fourth-order valence-electron chi connectivity index (χ4n) is 1.82. The number of nitrogens with one attached hydrogen (secondary N) is 1. The average Bonchev–Trinajstić information content (AvgIpc) is 2.40. The Labute approximate surface area is 88.7 Å². The molecule has 76 valence electrons. The Balaban J connectivity index is 2.51. The van der Waals surface area contributed by atoms with Crippen LogP contribution in [0.3, 0.4) is 0 Å². The van der Waals surface area contributed by atoms with E-state index in [2.05, 4.69) is 11.4 Å². The van der Waals surface area contributed by atoms with Gasteiger partial charge in [-0.05, 0) is 31.0 Å². The molecule has 2 rings (SSSR count). The van der Waals surface area contributed by atoms with Crippen molar-refractivity contribution in [1.29, 1.82) is 5.26 Å². The topological polar surface area (TPSA) is 52.9 Å². The first kappa shape index (κ1) is 9.72. The second-order valence-electron chi connectivity index (χ2n) is 4.29. The van der Waals surface area contributed by atoms with Crippen molar-refractivity contribution < 1.29 is 4.79 Å². The molecule has 3 nitrogen and oxygen atoms in total. The maximum Gasteiger partial charge on any atom is 0.234 e. The smallest absolute Gasteiger partial charge is 0.234 e. The number of nitrogens with zero attached hydrogens (tertiary/aromatic N) is 1. The highest BCUT2D eigenvalue weighted by Crippen LogP contribution is 2.37. The largest absolute Gasteiger partial charge is 0.325 e. The van der Waals surface area contributed by atoms with Crippen molar-refractivity contribution in [1.82, 2.24) is 0 Å². The van der Waals surface area contributed by atoms with Gasteiger partial charge >= 0.3 is 0 Å². The molecule has 0 bridgehead atoms. The summed E-state index contributed by atoms with van der Waals surface area (Å²) in [4.78, 5) is 11.6. The van der Waals surface area contributed by atoms with Crippen LogP contribution in [0.1, 0.15) is 25.0 Å². The zero-order valence-electron chi connectivity index (χ0n) is 8.79. The molecule has 3 heteroatoms. The van der Waals surface area contributed by atoms with Crippen molar-refractivity contribution in [3.8, 4) is 6.07 Å². The van der Waals surface area contributed by atoms with Crippen LogP contribution in [0.15, 0.2) is 18.2 Å². The van der Waals surface area contributed by atoms with E-state index in [4.69, 9.17) is 5.26 Å². The molecule has 0 unspecified atom stereocenters. The zero-order valence-corrected chi connectivity index (χ0v) is 8.79. The van der Waals surface area contributed by atoms with Crippen LogP contribution in [0, 0.1) is 11.3 Å². The van der Waals surface area contributed by atoms with E-state index >= 15 is 0 Å². The Bertz CT molecular complexity index is 469. The highest BCUT2D eigenvalue weighted by Gasteiger charge is 2.38. The van der Waals surface area contributed by atoms with Crippen LogP contribution in [0.4, 0.5) is 5.69 Å². The molecule has 0 aliphatic carbocycles. The summed E-state index contributed by atoms with van der Waals surface area (Å²) in [5.41, 5.74) is 2.33. The summed E-state index contributed by atoms with van der Waals surface area (Å²) in [6.07, 6.45) is 0.386. The molecule has 0 fully saturated rings. The van der Waals surface area contributed by atoms with Gasteiger partial charge in [-0.15, -0.1) is 0 Å². The number of carbonyl (C=O) groups is 1. The summed E-state index contributed by atoms with van der Waals surface area (Å²) in [7, 11) is 0. The first-order valence-electron chi connectivity index (χ1n) is 4.87. The van der Waals surface area contributed by atoms with Gasteiger partial charge < -0.3 is 5.32 Å². The second-order valence-corrected chi connectivity index (χ2v) is 4.29. The number of amides is 1. The van der Waals surface area contributed by atoms with Gasteiger partial charge in [0.1, 0.15) is 0 Å². The third-order valence-corrected chi connectivity index (χ3v) is 2.86. The van der Waals surface area contributed by atoms with Crippen LogP contribution in [-0.2, 0) is 16.6 Å². The van der Waals surface area contributed by atoms with E-state index in [-0.39, 0.29) is 5.91 Å². The minimum Gasteiger partial charge on any atom is -0.325 e. The molecule has 1 aromatic carbocycles. The predicted octanol–water partition coefficient (Wildman–Crippen LogP) is 1.98. The number of hydrogen-bond acceptors (Lipinski definition) is 2. The molecule has 1 heterocycles. The van der Waals surface area contributed by atoms with E-state index in [0.29, 0.717) is 6.42 Å². The molecule has 15 heavy (non-hydrogen) atoms. The third-order valence-electron chi connectivity index (χ3n) is 2.86. The van der Waals surface area contributed by atoms with Crippen molar-refractivity contribution in [2.45, 2.75) is 25.7 Å². The second kappa shape index (κ2) is 3.09. The average molecular weight is 200 g/mol. The van der Waals surface area contributed by atoms with Gasteiger partial charge in [-0.2, -0.15) is 5.26 Å². The number of fused-ring (bicyclic) bond motifs is 1. The summed E-state index contributed by atoms with van der Waals surface area (Å²) in [6.45, 7) is 3.79. The van der Waals surface area contributed by atoms with E-state index in [0.717, 1.165) is 16.8 Å². The number of carbonyl (C=O) groups excluding carboxylic acids is 1. The minimum absolute atomic E-state index is 0.0200. The fraction of sp³-hybridized carbons (Fsp3) is 0.333. The van der Waals surface area contributed by atoms with Crippen LogP contribution < -0.4 is 5.32 Å². The van der Waals surface area contributed by atoms with Crippen molar-refractivity contribution in [3.63, 3.8) is 0 Å². The normalized spacial score (nSPS) is 16.7. The van der Waals surface area contributed by atoms with Gasteiger partial charge in [-0.3, -0.25) is 4.79 Å². The lowest BCUT2D eigenvalue weighted by Gasteiger charge is -2.15. The van der Waals surface area contributed by atoms with E-state index in [1.165, 1.54) is 0 Å². The van der Waals surface area contributed by atoms with E-state index < -0.39 is 5.41 Å². The number of nitriles is 1. The Morgan fingerprint density at radius 3 is 2.87 bits per heavy atom. The minimum atomic E-state index is -0.485. The van der Waals surface area contributed by atoms with Gasteiger partial charge in [-0.25, -0.2) is 0 Å². The van der Waals surface area contributed by atoms with E-state index in [1.54, 1.807) is 0 Å². The van der Waals surface area contributed by atoms with Crippen LogP contribution in [-0.4, -0.2) is 5.91 Å². The summed E-state index contributed by atoms with van der Waals surface area (Å²) in [5.74, 6) is 0.0200. The van der Waals surface area contributed by atoms with Gasteiger partial charge in [0.05, 0.1) is 17.9 Å². The summed E-state index contributed by atoms with van der Waals surface area (Å²) < 4.78 is 0. The lowest BCUT2D eigenvalue weighted by Crippen LogP contribution is -2.26. The molecule has 1 aromatic rings. The van der Waals surface area contributed by atoms with Crippen molar-refractivity contribution in [3.05, 3.63) is 29.3 Å². The lowest BCUT2D eigenvalue weighted by molar-refractivity contribution is -0.119. The third kappa shape index (κ3) is 1.39. The summed E-state index contributed by atoms with van der Waals surface area (Å²) in [6, 6.07) is 7.80. The summed E-state index contributed by atoms with van der Waals surface area (Å²) >= 11 is 0. The lowest BCUT2D eigenvalue weighted by atomic mass is 9.85. The molecule has 1 aliphatic heterocycles. The zero-order chi connectivity index (χ0) is 11.1. The fourth-order valence-corrected chi connectivity index (χ4v) is 1.82. The number of hydrogen-bond donors (Lipinski definition) is 1. The Kier molecular flexibility index (Phi) is 2.01. The first-order chi connectivity index (χ1) is 7.05. The molecule has 1 N–H and O–H groups in total. The van der Waals surface area contributed by atoms with Crippen LogP contribution in [0.2, 0.25) is 0 Å². The molecule has 0 saturated heterocycles. The van der Waals surface area contributed by atoms with Crippen molar-refractivity contribution in [2.24, 2.45) is 0 Å². The highest BCUT2D eigenvalue weighted by atomic mass is 16.2. The van der Waals surface area contributed by atoms with Gasteiger partial charge in [0.15, 0.2) is 0 Å². The monoisotopic (exact) mass is 200 g/mol. The van der Waals surface area contributed by atoms with Crippen LogP contribution in [0.25, 0.3) is 0 Å². The maximum absolute atomic E-state index is 11.6. The molecule has 1 aliphatic rings. The van der Waals surface area contributed by atoms with Crippen molar-refractivity contribution >= 4 is 11.6 Å². The van der Waals surface area contributed by atoms with Gasteiger partial charge in [-0.1, -0.05) is 12.1 Å². The number of benzene rings is 1. The molecule has 1 amide bonds. The molecular formula is C12H12N2O. The molecule has 0 aromatic heterocycles. The van der Waals surface area contributed by atoms with E-state index in [9.17, 15) is 4.79 Å². The molecule has 0 radical (unpaired) electrons. The Morgan fingerprint density at radius 1 is 1.47 bits per heavy atom. The maximum atomic E-state index is 11.6. The van der Waals surface area contributed by atoms with Gasteiger partial charge in [0.25, 0.3) is 0 Å². The van der Waals surface area contributed by atoms with E-state index in [1.807, 2.05) is 32.0 Å². The predicted molar refractivity (Wildman–Crippen MR) is 57.4 cm³/mol. The first-order valence-corrected chi connectivity index (χ1v) is 4.87. The molecule has 0 spiro atoms. The number of rotatable bonds is 1. The summed E-state index contributed by atoms with van der Waals surface area (Å²) in [5, 5.41) is 11.5. The molecule has 0 saturated carbocycles. The van der Waals surface area contributed by atoms with Crippen molar-refractivity contribution in [2.75, 3.05) is 5.32 Å². The standard InChI is InChI=1S/C12H12N2O/c1-12(2)9-7-8(5-6-13)3-4-10(9)14-11(12)15/h3-4,7H,5H2,1-2H3,(H,14,15). The molecular weight excluding hydrogens is 188 g/mol.